The van der Waals surface area contributed by atoms with E-state index in [1.807, 2.05) is 41.3 Å². The number of carbonyl (C=O) groups is 1. The van der Waals surface area contributed by atoms with Crippen LogP contribution in [0.15, 0.2) is 48.5 Å². The van der Waals surface area contributed by atoms with Gasteiger partial charge in [-0.1, -0.05) is 55.5 Å². The number of likely N-dealkylation sites (N-methyl/N-ethyl adjacent to an activating group) is 1. The lowest BCUT2D eigenvalue weighted by Crippen LogP contribution is -2.39. The summed E-state index contributed by atoms with van der Waals surface area (Å²) in [6.07, 6.45) is 0. The number of carbonyl (C=O) groups excluding carboxylic acids is 1. The van der Waals surface area contributed by atoms with E-state index in [-0.39, 0.29) is 5.91 Å². The largest absolute Gasteiger partial charge is 0.496 e. The van der Waals surface area contributed by atoms with Crippen LogP contribution in [0.2, 0.25) is 0 Å². The first-order valence-corrected chi connectivity index (χ1v) is 12.3. The van der Waals surface area contributed by atoms with Crippen molar-refractivity contribution in [3.8, 4) is 5.75 Å². The van der Waals surface area contributed by atoms with Gasteiger partial charge in [0.25, 0.3) is 5.91 Å². The first-order chi connectivity index (χ1) is 15.9. The van der Waals surface area contributed by atoms with E-state index in [2.05, 4.69) is 44.7 Å². The number of nitrogens with zero attached hydrogens (tertiary/aromatic N) is 3. The van der Waals surface area contributed by atoms with Crippen LogP contribution in [0.4, 0.5) is 5.13 Å². The highest BCUT2D eigenvalue weighted by atomic mass is 32.1. The number of thiazole rings is 1. The van der Waals surface area contributed by atoms with Crippen LogP contribution in [-0.2, 0) is 0 Å². The second kappa shape index (κ2) is 9.89. The predicted molar refractivity (Wildman–Crippen MR) is 139 cm³/mol. The zero-order chi connectivity index (χ0) is 23.5. The van der Waals surface area contributed by atoms with E-state index < -0.39 is 0 Å². The van der Waals surface area contributed by atoms with Crippen molar-refractivity contribution >= 4 is 43.4 Å². The summed E-state index contributed by atoms with van der Waals surface area (Å²) in [6.45, 7) is 11.7. The maximum absolute atomic E-state index is 14.0. The lowest BCUT2D eigenvalue weighted by Gasteiger charge is -2.25. The smallest absolute Gasteiger partial charge is 0.263 e. The molecule has 1 amide bonds. The number of ether oxygens (including phenoxy) is 1. The van der Waals surface area contributed by atoms with E-state index in [1.54, 1.807) is 18.4 Å². The molecule has 1 heterocycles. The average molecular weight is 462 g/mol. The molecule has 3 aromatic carbocycles. The van der Waals surface area contributed by atoms with Crippen molar-refractivity contribution in [1.82, 2.24) is 9.88 Å². The molecule has 1 aromatic heterocycles. The van der Waals surface area contributed by atoms with E-state index in [0.29, 0.717) is 17.9 Å². The van der Waals surface area contributed by atoms with Gasteiger partial charge in [-0.05, 0) is 67.0 Å². The average Bonchev–Trinajstić information content (AvgIpc) is 3.24. The number of aryl methyl sites for hydroxylation is 2. The molecule has 33 heavy (non-hydrogen) atoms. The van der Waals surface area contributed by atoms with E-state index >= 15 is 0 Å². The third-order valence-corrected chi connectivity index (χ3v) is 7.15. The maximum atomic E-state index is 14.0. The van der Waals surface area contributed by atoms with Crippen molar-refractivity contribution in [3.63, 3.8) is 0 Å². The minimum Gasteiger partial charge on any atom is -0.496 e. The molecule has 0 radical (unpaired) electrons. The molecule has 172 valence electrons. The number of hydrogen-bond acceptors (Lipinski definition) is 5. The Morgan fingerprint density at radius 3 is 2.36 bits per heavy atom. The zero-order valence-electron chi connectivity index (χ0n) is 20.0. The summed E-state index contributed by atoms with van der Waals surface area (Å²) in [6, 6.07) is 16.2. The monoisotopic (exact) mass is 461 g/mol. The fourth-order valence-corrected chi connectivity index (χ4v) is 5.41. The van der Waals surface area contributed by atoms with Crippen LogP contribution in [0.1, 0.15) is 35.3 Å². The summed E-state index contributed by atoms with van der Waals surface area (Å²) in [4.78, 5) is 23.0. The topological polar surface area (TPSA) is 45.7 Å². The fraction of sp³-hybridized carbons (Fsp3) is 0.333. The number of hydrogen-bond donors (Lipinski definition) is 0. The quantitative estimate of drug-likeness (QED) is 0.320. The van der Waals surface area contributed by atoms with Crippen molar-refractivity contribution in [2.24, 2.45) is 0 Å². The van der Waals surface area contributed by atoms with Gasteiger partial charge < -0.3 is 9.64 Å². The summed E-state index contributed by atoms with van der Waals surface area (Å²) in [5.74, 6) is 0.498. The SMILES string of the molecule is CCN(CC)CCN(C(=O)c1cc2ccccc2cc1OC)c1nc2c(C)cc(C)cc2s1. The van der Waals surface area contributed by atoms with Gasteiger partial charge in [-0.15, -0.1) is 0 Å². The fourth-order valence-electron chi connectivity index (χ4n) is 4.24. The zero-order valence-corrected chi connectivity index (χ0v) is 20.8. The third-order valence-electron chi connectivity index (χ3n) is 6.13. The number of anilines is 1. The van der Waals surface area contributed by atoms with Crippen LogP contribution < -0.4 is 9.64 Å². The normalized spacial score (nSPS) is 11.5. The van der Waals surface area contributed by atoms with Gasteiger partial charge in [-0.2, -0.15) is 0 Å². The molecule has 0 saturated carbocycles. The van der Waals surface area contributed by atoms with Gasteiger partial charge >= 0.3 is 0 Å². The molecular formula is C27H31N3O2S. The predicted octanol–water partition coefficient (Wildman–Crippen LogP) is 6.06. The van der Waals surface area contributed by atoms with Gasteiger partial charge in [0.1, 0.15) is 5.75 Å². The van der Waals surface area contributed by atoms with E-state index in [0.717, 1.165) is 51.3 Å². The summed E-state index contributed by atoms with van der Waals surface area (Å²) in [5.41, 5.74) is 3.86. The minimum absolute atomic E-state index is 0.0850. The van der Waals surface area contributed by atoms with Gasteiger partial charge in [-0.3, -0.25) is 9.69 Å². The van der Waals surface area contributed by atoms with Crippen molar-refractivity contribution in [2.45, 2.75) is 27.7 Å². The first-order valence-electron chi connectivity index (χ1n) is 11.4. The number of rotatable bonds is 8. The molecule has 4 aromatic rings. The van der Waals surface area contributed by atoms with Gasteiger partial charge in [0.15, 0.2) is 5.13 Å². The van der Waals surface area contributed by atoms with E-state index in [1.165, 1.54) is 5.56 Å². The van der Waals surface area contributed by atoms with Crippen LogP contribution >= 0.6 is 11.3 Å². The molecule has 4 rings (SSSR count). The van der Waals surface area contributed by atoms with Crippen molar-refractivity contribution < 1.29 is 9.53 Å². The summed E-state index contributed by atoms with van der Waals surface area (Å²) in [5, 5.41) is 2.79. The van der Waals surface area contributed by atoms with Crippen LogP contribution in [0.25, 0.3) is 21.0 Å². The first kappa shape index (κ1) is 23.2. The molecule has 0 saturated heterocycles. The summed E-state index contributed by atoms with van der Waals surface area (Å²) >= 11 is 1.58. The highest BCUT2D eigenvalue weighted by Gasteiger charge is 2.25. The summed E-state index contributed by atoms with van der Waals surface area (Å²) in [7, 11) is 1.62. The second-order valence-electron chi connectivity index (χ2n) is 8.31. The Morgan fingerprint density at radius 1 is 1.00 bits per heavy atom. The second-order valence-corrected chi connectivity index (χ2v) is 9.32. The molecule has 0 unspecified atom stereocenters. The minimum atomic E-state index is -0.0850. The molecule has 0 fully saturated rings. The third kappa shape index (κ3) is 4.72. The molecule has 0 bridgehead atoms. The van der Waals surface area contributed by atoms with Crippen LogP contribution in [-0.4, -0.2) is 49.1 Å². The van der Waals surface area contributed by atoms with Gasteiger partial charge in [0.05, 0.1) is 22.9 Å². The Bertz CT molecular complexity index is 1290. The number of methoxy groups -OCH3 is 1. The van der Waals surface area contributed by atoms with Gasteiger partial charge in [0.2, 0.25) is 0 Å². The number of amides is 1. The number of fused-ring (bicyclic) bond motifs is 2. The molecule has 0 aliphatic heterocycles. The molecular weight excluding hydrogens is 430 g/mol. The van der Waals surface area contributed by atoms with Crippen LogP contribution in [0.5, 0.6) is 5.75 Å². The Kier molecular flexibility index (Phi) is 6.96. The molecule has 5 nitrogen and oxygen atoms in total. The van der Waals surface area contributed by atoms with E-state index in [9.17, 15) is 4.79 Å². The Balaban J connectivity index is 1.80. The summed E-state index contributed by atoms with van der Waals surface area (Å²) < 4.78 is 6.75. The lowest BCUT2D eigenvalue weighted by molar-refractivity contribution is 0.0981. The Labute approximate surface area is 199 Å². The molecule has 0 N–H and O–H groups in total. The maximum Gasteiger partial charge on any atom is 0.263 e. The highest BCUT2D eigenvalue weighted by molar-refractivity contribution is 7.22. The van der Waals surface area contributed by atoms with Crippen LogP contribution in [0.3, 0.4) is 0 Å². The van der Waals surface area contributed by atoms with Gasteiger partial charge in [-0.25, -0.2) is 4.98 Å². The van der Waals surface area contributed by atoms with Gasteiger partial charge in [0, 0.05) is 13.1 Å². The highest BCUT2D eigenvalue weighted by Crippen LogP contribution is 2.34. The Hall–Kier alpha value is -2.96. The standard InChI is InChI=1S/C27H31N3O2S/c1-6-29(7-2)12-13-30(27-28-25-19(4)14-18(3)15-24(25)33-27)26(31)22-16-20-10-8-9-11-21(20)17-23(22)32-5/h8-11,14-17H,6-7,12-13H2,1-5H3. The number of aromatic nitrogens is 1. The lowest BCUT2D eigenvalue weighted by atomic mass is 10.0. The molecule has 0 aliphatic rings. The number of benzene rings is 3. The van der Waals surface area contributed by atoms with Crippen molar-refractivity contribution in [3.05, 3.63) is 65.2 Å². The van der Waals surface area contributed by atoms with E-state index in [4.69, 9.17) is 9.72 Å². The Morgan fingerprint density at radius 2 is 1.70 bits per heavy atom. The molecule has 6 heteroatoms. The molecule has 0 atom stereocenters. The van der Waals surface area contributed by atoms with Crippen molar-refractivity contribution in [2.75, 3.05) is 38.2 Å². The van der Waals surface area contributed by atoms with Crippen molar-refractivity contribution in [1.29, 1.82) is 0 Å². The molecule has 0 aliphatic carbocycles. The van der Waals surface area contributed by atoms with Crippen LogP contribution in [0, 0.1) is 13.8 Å². The molecule has 0 spiro atoms.